The van der Waals surface area contributed by atoms with Gasteiger partial charge in [0.05, 0.1) is 0 Å². The van der Waals surface area contributed by atoms with E-state index in [9.17, 15) is 4.39 Å². The molecule has 1 nitrogen and oxygen atoms in total. The first-order valence-electron chi connectivity index (χ1n) is 5.29. The zero-order valence-corrected chi connectivity index (χ0v) is 10.1. The van der Waals surface area contributed by atoms with Gasteiger partial charge in [-0.15, -0.1) is 11.8 Å². The molecule has 84 valence electrons. The van der Waals surface area contributed by atoms with E-state index >= 15 is 0 Å². The number of thioether (sulfide) groups is 1. The lowest BCUT2D eigenvalue weighted by Crippen LogP contribution is -2.23. The Hall–Kier alpha value is -0.540. The highest BCUT2D eigenvalue weighted by Gasteiger charge is 2.15. The molecule has 1 rings (SSSR count). The second-order valence-electron chi connectivity index (χ2n) is 3.73. The number of rotatable bonds is 5. The molecule has 0 bridgehead atoms. The SMILES string of the molecule is CCC(C)C(CN)Sc1ccc(F)cc1. The molecule has 0 heterocycles. The third-order valence-corrected chi connectivity index (χ3v) is 4.12. The zero-order valence-electron chi connectivity index (χ0n) is 9.24. The fraction of sp³-hybridized carbons (Fsp3) is 0.500. The standard InChI is InChI=1S/C12H18FNS/c1-3-9(2)12(8-14)15-11-6-4-10(13)5-7-11/h4-7,9,12H,3,8,14H2,1-2H3. The third kappa shape index (κ3) is 3.84. The highest BCUT2D eigenvalue weighted by Crippen LogP contribution is 2.28. The molecule has 2 unspecified atom stereocenters. The third-order valence-electron chi connectivity index (χ3n) is 2.61. The smallest absolute Gasteiger partial charge is 0.123 e. The van der Waals surface area contributed by atoms with Crippen LogP contribution in [0.2, 0.25) is 0 Å². The highest BCUT2D eigenvalue weighted by molar-refractivity contribution is 8.00. The van der Waals surface area contributed by atoms with Gasteiger partial charge in [-0.3, -0.25) is 0 Å². The number of halogens is 1. The minimum Gasteiger partial charge on any atom is -0.329 e. The molecule has 0 aliphatic heterocycles. The van der Waals surface area contributed by atoms with Crippen LogP contribution in [0.3, 0.4) is 0 Å². The monoisotopic (exact) mass is 227 g/mol. The summed E-state index contributed by atoms with van der Waals surface area (Å²) in [4.78, 5) is 1.09. The summed E-state index contributed by atoms with van der Waals surface area (Å²) in [5.74, 6) is 0.400. The molecular weight excluding hydrogens is 209 g/mol. The van der Waals surface area contributed by atoms with Gasteiger partial charge < -0.3 is 5.73 Å². The molecular formula is C12H18FNS. The van der Waals surface area contributed by atoms with Crippen molar-refractivity contribution in [3.63, 3.8) is 0 Å². The molecule has 2 atom stereocenters. The Bertz CT molecular complexity index is 286. The summed E-state index contributed by atoms with van der Waals surface area (Å²) in [5, 5.41) is 0.417. The molecule has 1 aromatic rings. The maximum Gasteiger partial charge on any atom is 0.123 e. The van der Waals surface area contributed by atoms with Crippen molar-refractivity contribution < 1.29 is 4.39 Å². The van der Waals surface area contributed by atoms with Crippen molar-refractivity contribution in [3.05, 3.63) is 30.1 Å². The van der Waals surface area contributed by atoms with Crippen LogP contribution < -0.4 is 5.73 Å². The number of nitrogens with two attached hydrogens (primary N) is 1. The van der Waals surface area contributed by atoms with E-state index in [1.165, 1.54) is 12.1 Å². The van der Waals surface area contributed by atoms with Gasteiger partial charge in [-0.05, 0) is 30.2 Å². The summed E-state index contributed by atoms with van der Waals surface area (Å²) < 4.78 is 12.7. The van der Waals surface area contributed by atoms with Crippen LogP contribution >= 0.6 is 11.8 Å². The fourth-order valence-electron chi connectivity index (χ4n) is 1.35. The Morgan fingerprint density at radius 1 is 1.33 bits per heavy atom. The van der Waals surface area contributed by atoms with Crippen LogP contribution in [0.15, 0.2) is 29.2 Å². The van der Waals surface area contributed by atoms with Crippen molar-refractivity contribution >= 4 is 11.8 Å². The average molecular weight is 227 g/mol. The second kappa shape index (κ2) is 6.13. The van der Waals surface area contributed by atoms with Crippen LogP contribution in [-0.2, 0) is 0 Å². The minimum absolute atomic E-state index is 0.188. The van der Waals surface area contributed by atoms with Crippen molar-refractivity contribution in [2.24, 2.45) is 11.7 Å². The molecule has 0 amide bonds. The number of hydrogen-bond donors (Lipinski definition) is 1. The molecule has 2 N–H and O–H groups in total. The molecule has 0 fully saturated rings. The Kier molecular flexibility index (Phi) is 5.12. The summed E-state index contributed by atoms with van der Waals surface area (Å²) in [6, 6.07) is 6.61. The van der Waals surface area contributed by atoms with Crippen LogP contribution in [0, 0.1) is 11.7 Å². The van der Waals surface area contributed by atoms with E-state index in [0.29, 0.717) is 17.7 Å². The second-order valence-corrected chi connectivity index (χ2v) is 5.04. The zero-order chi connectivity index (χ0) is 11.3. The van der Waals surface area contributed by atoms with E-state index < -0.39 is 0 Å². The first-order valence-corrected chi connectivity index (χ1v) is 6.17. The van der Waals surface area contributed by atoms with E-state index in [4.69, 9.17) is 5.73 Å². The van der Waals surface area contributed by atoms with E-state index in [-0.39, 0.29) is 5.82 Å². The van der Waals surface area contributed by atoms with Crippen molar-refractivity contribution in [3.8, 4) is 0 Å². The Balaban J connectivity index is 2.62. The van der Waals surface area contributed by atoms with Gasteiger partial charge in [-0.1, -0.05) is 20.3 Å². The molecule has 3 heteroatoms. The molecule has 0 aliphatic rings. The lowest BCUT2D eigenvalue weighted by molar-refractivity contribution is 0.538. The van der Waals surface area contributed by atoms with E-state index in [1.54, 1.807) is 11.8 Å². The van der Waals surface area contributed by atoms with Crippen molar-refractivity contribution in [2.45, 2.75) is 30.4 Å². The van der Waals surface area contributed by atoms with E-state index in [2.05, 4.69) is 13.8 Å². The van der Waals surface area contributed by atoms with Crippen LogP contribution in [0.25, 0.3) is 0 Å². The lowest BCUT2D eigenvalue weighted by atomic mass is 10.1. The van der Waals surface area contributed by atoms with Gasteiger partial charge in [-0.2, -0.15) is 0 Å². The van der Waals surface area contributed by atoms with Gasteiger partial charge in [0.25, 0.3) is 0 Å². The molecule has 0 spiro atoms. The van der Waals surface area contributed by atoms with Crippen LogP contribution in [-0.4, -0.2) is 11.8 Å². The lowest BCUT2D eigenvalue weighted by Gasteiger charge is -2.20. The largest absolute Gasteiger partial charge is 0.329 e. The van der Waals surface area contributed by atoms with Crippen molar-refractivity contribution in [2.75, 3.05) is 6.54 Å². The molecule has 0 aromatic heterocycles. The quantitative estimate of drug-likeness (QED) is 0.781. The van der Waals surface area contributed by atoms with Crippen molar-refractivity contribution in [1.82, 2.24) is 0 Å². The summed E-state index contributed by atoms with van der Waals surface area (Å²) >= 11 is 1.74. The first-order chi connectivity index (χ1) is 7.17. The fourth-order valence-corrected chi connectivity index (χ4v) is 2.51. The Morgan fingerprint density at radius 3 is 2.40 bits per heavy atom. The van der Waals surface area contributed by atoms with Gasteiger partial charge in [0, 0.05) is 16.7 Å². The van der Waals surface area contributed by atoms with Gasteiger partial charge in [0.2, 0.25) is 0 Å². The predicted octanol–water partition coefficient (Wildman–Crippen LogP) is 3.29. The Labute approximate surface area is 95.2 Å². The topological polar surface area (TPSA) is 26.0 Å². The molecule has 15 heavy (non-hydrogen) atoms. The molecule has 0 saturated carbocycles. The summed E-state index contributed by atoms with van der Waals surface area (Å²) in [7, 11) is 0. The summed E-state index contributed by atoms with van der Waals surface area (Å²) in [6.07, 6.45) is 1.12. The van der Waals surface area contributed by atoms with Crippen LogP contribution in [0.1, 0.15) is 20.3 Å². The first kappa shape index (κ1) is 12.5. The highest BCUT2D eigenvalue weighted by atomic mass is 32.2. The van der Waals surface area contributed by atoms with Crippen LogP contribution in [0.5, 0.6) is 0 Å². The molecule has 0 aliphatic carbocycles. The van der Waals surface area contributed by atoms with Crippen molar-refractivity contribution in [1.29, 1.82) is 0 Å². The predicted molar refractivity (Wildman–Crippen MR) is 64.6 cm³/mol. The number of hydrogen-bond acceptors (Lipinski definition) is 2. The van der Waals surface area contributed by atoms with Gasteiger partial charge in [0.15, 0.2) is 0 Å². The normalized spacial score (nSPS) is 14.9. The van der Waals surface area contributed by atoms with Gasteiger partial charge in [0.1, 0.15) is 5.82 Å². The maximum atomic E-state index is 12.7. The minimum atomic E-state index is -0.188. The average Bonchev–Trinajstić information content (AvgIpc) is 2.27. The van der Waals surface area contributed by atoms with Gasteiger partial charge in [-0.25, -0.2) is 4.39 Å². The number of benzene rings is 1. The van der Waals surface area contributed by atoms with Crippen LogP contribution in [0.4, 0.5) is 4.39 Å². The summed E-state index contributed by atoms with van der Waals surface area (Å²) in [5.41, 5.74) is 5.73. The maximum absolute atomic E-state index is 12.7. The molecule has 1 aromatic carbocycles. The summed E-state index contributed by atoms with van der Waals surface area (Å²) in [6.45, 7) is 5.03. The Morgan fingerprint density at radius 2 is 1.93 bits per heavy atom. The molecule has 0 saturated heterocycles. The molecule has 0 radical (unpaired) electrons. The van der Waals surface area contributed by atoms with E-state index in [1.807, 2.05) is 12.1 Å². The van der Waals surface area contributed by atoms with E-state index in [0.717, 1.165) is 11.3 Å². The van der Waals surface area contributed by atoms with Gasteiger partial charge >= 0.3 is 0 Å².